The van der Waals surface area contributed by atoms with Crippen molar-refractivity contribution in [3.8, 4) is 0 Å². The Morgan fingerprint density at radius 2 is 2.36 bits per heavy atom. The summed E-state index contributed by atoms with van der Waals surface area (Å²) in [5.41, 5.74) is 0. The number of carbonyl (C=O) groups is 1. The van der Waals surface area contributed by atoms with Gasteiger partial charge in [0.25, 0.3) is 0 Å². The van der Waals surface area contributed by atoms with Crippen molar-refractivity contribution in [2.24, 2.45) is 0 Å². The molecule has 82 valence electrons. The third-order valence-corrected chi connectivity index (χ3v) is 3.34. The summed E-state index contributed by atoms with van der Waals surface area (Å²) in [5.74, 6) is 0.568. The second-order valence-corrected chi connectivity index (χ2v) is 5.05. The fourth-order valence-electron chi connectivity index (χ4n) is 1.58. The second-order valence-electron chi connectivity index (χ2n) is 3.49. The van der Waals surface area contributed by atoms with Gasteiger partial charge >= 0.3 is 5.97 Å². The van der Waals surface area contributed by atoms with Crippen LogP contribution in [-0.2, 0) is 20.3 Å². The molecule has 1 fully saturated rings. The molecule has 0 spiro atoms. The lowest BCUT2D eigenvalue weighted by molar-refractivity contribution is -0.151. The molecule has 1 heterocycles. The maximum absolute atomic E-state index is 11.2. The molecule has 2 unspecified atom stereocenters. The summed E-state index contributed by atoms with van der Waals surface area (Å²) >= 11 is 0. The van der Waals surface area contributed by atoms with E-state index in [0.717, 1.165) is 25.9 Å². The van der Waals surface area contributed by atoms with Crippen molar-refractivity contribution in [1.82, 2.24) is 4.90 Å². The zero-order valence-electron chi connectivity index (χ0n) is 8.69. The lowest BCUT2D eigenvalue weighted by Gasteiger charge is -2.38. The first-order chi connectivity index (χ1) is 6.65. The topological polar surface area (TPSA) is 46.6 Å². The van der Waals surface area contributed by atoms with Gasteiger partial charge in [0.05, 0.1) is 7.11 Å². The SMILES string of the molecule is COC(=O)C1CCN1CCCS(C)=O. The van der Waals surface area contributed by atoms with Crippen molar-refractivity contribution in [2.45, 2.75) is 18.9 Å². The van der Waals surface area contributed by atoms with E-state index in [9.17, 15) is 9.00 Å². The summed E-state index contributed by atoms with van der Waals surface area (Å²) in [7, 11) is 0.690. The Hall–Kier alpha value is -0.420. The van der Waals surface area contributed by atoms with Crippen LogP contribution in [0.2, 0.25) is 0 Å². The van der Waals surface area contributed by atoms with E-state index in [1.807, 2.05) is 0 Å². The number of esters is 1. The van der Waals surface area contributed by atoms with Crippen LogP contribution < -0.4 is 0 Å². The lowest BCUT2D eigenvalue weighted by atomic mass is 10.0. The Labute approximate surface area is 87.1 Å². The van der Waals surface area contributed by atoms with Crippen molar-refractivity contribution in [2.75, 3.05) is 32.2 Å². The number of rotatable bonds is 5. The molecular formula is C9H17NO3S. The Morgan fingerprint density at radius 3 is 2.79 bits per heavy atom. The highest BCUT2D eigenvalue weighted by Gasteiger charge is 2.34. The van der Waals surface area contributed by atoms with Gasteiger partial charge in [-0.25, -0.2) is 0 Å². The molecule has 4 nitrogen and oxygen atoms in total. The standard InChI is InChI=1S/C9H17NO3S/c1-13-9(11)8-4-6-10(8)5-3-7-14(2)12/h8H,3-7H2,1-2H3. The Balaban J connectivity index is 2.19. The molecular weight excluding hydrogens is 202 g/mol. The van der Waals surface area contributed by atoms with Crippen LogP contribution >= 0.6 is 0 Å². The smallest absolute Gasteiger partial charge is 0.323 e. The van der Waals surface area contributed by atoms with Crippen molar-refractivity contribution >= 4 is 16.8 Å². The molecule has 0 bridgehead atoms. The molecule has 1 aliphatic heterocycles. The van der Waals surface area contributed by atoms with E-state index < -0.39 is 10.8 Å². The van der Waals surface area contributed by atoms with Crippen LogP contribution in [0.1, 0.15) is 12.8 Å². The van der Waals surface area contributed by atoms with Gasteiger partial charge in [-0.05, 0) is 19.4 Å². The van der Waals surface area contributed by atoms with Crippen LogP contribution in [0.4, 0.5) is 0 Å². The van der Waals surface area contributed by atoms with Gasteiger partial charge in [0, 0.05) is 29.4 Å². The predicted octanol–water partition coefficient (Wildman–Crippen LogP) is 0.00230. The highest BCUT2D eigenvalue weighted by atomic mass is 32.2. The van der Waals surface area contributed by atoms with Gasteiger partial charge in [0.1, 0.15) is 6.04 Å². The van der Waals surface area contributed by atoms with Crippen LogP contribution in [0.15, 0.2) is 0 Å². The van der Waals surface area contributed by atoms with Crippen LogP contribution in [0, 0.1) is 0 Å². The van der Waals surface area contributed by atoms with E-state index in [1.165, 1.54) is 7.11 Å². The Bertz CT molecular complexity index is 232. The van der Waals surface area contributed by atoms with Crippen molar-refractivity contribution in [1.29, 1.82) is 0 Å². The normalized spacial score (nSPS) is 24.0. The van der Waals surface area contributed by atoms with Gasteiger partial charge in [-0.3, -0.25) is 13.9 Å². The van der Waals surface area contributed by atoms with E-state index in [0.29, 0.717) is 5.75 Å². The molecule has 0 saturated carbocycles. The van der Waals surface area contributed by atoms with Gasteiger partial charge < -0.3 is 4.74 Å². The average molecular weight is 219 g/mol. The third-order valence-electron chi connectivity index (χ3n) is 2.48. The van der Waals surface area contributed by atoms with Gasteiger partial charge in [-0.1, -0.05) is 0 Å². The van der Waals surface area contributed by atoms with E-state index in [-0.39, 0.29) is 12.0 Å². The Kier molecular flexibility index (Phi) is 4.54. The quantitative estimate of drug-likeness (QED) is 0.611. The summed E-state index contributed by atoms with van der Waals surface area (Å²) in [6.45, 7) is 1.80. The molecule has 0 amide bonds. The largest absolute Gasteiger partial charge is 0.468 e. The molecule has 1 aliphatic rings. The monoisotopic (exact) mass is 219 g/mol. The van der Waals surface area contributed by atoms with E-state index >= 15 is 0 Å². The van der Waals surface area contributed by atoms with Crippen LogP contribution in [-0.4, -0.2) is 53.3 Å². The zero-order valence-corrected chi connectivity index (χ0v) is 9.51. The minimum Gasteiger partial charge on any atom is -0.468 e. The first kappa shape index (κ1) is 11.7. The maximum Gasteiger partial charge on any atom is 0.323 e. The van der Waals surface area contributed by atoms with Crippen LogP contribution in [0.25, 0.3) is 0 Å². The summed E-state index contributed by atoms with van der Waals surface area (Å²) in [6.07, 6.45) is 3.48. The van der Waals surface area contributed by atoms with Crippen LogP contribution in [0.5, 0.6) is 0 Å². The van der Waals surface area contributed by atoms with E-state index in [4.69, 9.17) is 0 Å². The van der Waals surface area contributed by atoms with Gasteiger partial charge in [-0.2, -0.15) is 0 Å². The summed E-state index contributed by atoms with van der Waals surface area (Å²) in [6, 6.07) is -0.0507. The fourth-order valence-corrected chi connectivity index (χ4v) is 2.12. The van der Waals surface area contributed by atoms with E-state index in [1.54, 1.807) is 6.26 Å². The molecule has 0 aromatic rings. The van der Waals surface area contributed by atoms with Crippen molar-refractivity contribution < 1.29 is 13.7 Å². The highest BCUT2D eigenvalue weighted by Crippen LogP contribution is 2.18. The van der Waals surface area contributed by atoms with Crippen LogP contribution in [0.3, 0.4) is 0 Å². The summed E-state index contributed by atoms with van der Waals surface area (Å²) < 4.78 is 15.5. The minimum atomic E-state index is -0.726. The van der Waals surface area contributed by atoms with E-state index in [2.05, 4.69) is 9.64 Å². The number of carbonyl (C=O) groups excluding carboxylic acids is 1. The predicted molar refractivity (Wildman–Crippen MR) is 55.5 cm³/mol. The lowest BCUT2D eigenvalue weighted by Crippen LogP contribution is -2.53. The molecule has 0 aromatic heterocycles. The summed E-state index contributed by atoms with van der Waals surface area (Å²) in [5, 5.41) is 0. The highest BCUT2D eigenvalue weighted by molar-refractivity contribution is 7.84. The minimum absolute atomic E-state index is 0.0507. The number of ether oxygens (including phenoxy) is 1. The van der Waals surface area contributed by atoms with Crippen molar-refractivity contribution in [3.05, 3.63) is 0 Å². The maximum atomic E-state index is 11.2. The van der Waals surface area contributed by atoms with Gasteiger partial charge in [-0.15, -0.1) is 0 Å². The first-order valence-electron chi connectivity index (χ1n) is 4.77. The molecule has 0 aromatic carbocycles. The molecule has 2 atom stereocenters. The zero-order chi connectivity index (χ0) is 10.6. The third kappa shape index (κ3) is 3.06. The fraction of sp³-hybridized carbons (Fsp3) is 0.889. The molecule has 0 radical (unpaired) electrons. The molecule has 0 aliphatic carbocycles. The molecule has 5 heteroatoms. The average Bonchev–Trinajstić information content (AvgIpc) is 2.09. The molecule has 1 rings (SSSR count). The molecule has 0 N–H and O–H groups in total. The molecule has 14 heavy (non-hydrogen) atoms. The number of methoxy groups -OCH3 is 1. The summed E-state index contributed by atoms with van der Waals surface area (Å²) in [4.78, 5) is 13.3. The number of hydrogen-bond acceptors (Lipinski definition) is 4. The number of nitrogens with zero attached hydrogens (tertiary/aromatic N) is 1. The first-order valence-corrected chi connectivity index (χ1v) is 6.49. The molecule has 1 saturated heterocycles. The van der Waals surface area contributed by atoms with Gasteiger partial charge in [0.2, 0.25) is 0 Å². The van der Waals surface area contributed by atoms with Gasteiger partial charge in [0.15, 0.2) is 0 Å². The number of hydrogen-bond donors (Lipinski definition) is 0. The second kappa shape index (κ2) is 5.46. The number of likely N-dealkylation sites (tertiary alicyclic amines) is 1. The Morgan fingerprint density at radius 1 is 1.64 bits per heavy atom. The van der Waals surface area contributed by atoms with Crippen molar-refractivity contribution in [3.63, 3.8) is 0 Å².